The number of hydrogen-bond donors (Lipinski definition) is 2. The number of benzene rings is 1. The highest BCUT2D eigenvalue weighted by Gasteiger charge is 2.05. The zero-order chi connectivity index (χ0) is 17.6. The van der Waals surface area contributed by atoms with Crippen molar-refractivity contribution in [2.45, 2.75) is 26.2 Å². The number of rotatable bonds is 11. The van der Waals surface area contributed by atoms with Gasteiger partial charge in [0.1, 0.15) is 0 Å². The summed E-state index contributed by atoms with van der Waals surface area (Å²) in [6, 6.07) is 10.5. The molecule has 0 saturated carbocycles. The van der Waals surface area contributed by atoms with Crippen LogP contribution in [0.15, 0.2) is 35.3 Å². The Hall–Kier alpha value is -0.860. The maximum Gasteiger partial charge on any atom is 0.191 e. The average molecular weight is 462 g/mol. The van der Waals surface area contributed by atoms with E-state index < -0.39 is 0 Å². The molecular weight excluding hydrogens is 427 g/mol. The van der Waals surface area contributed by atoms with Crippen molar-refractivity contribution in [3.8, 4) is 0 Å². The zero-order valence-corrected chi connectivity index (χ0v) is 18.5. The number of aliphatic imine (C=N–C) groups is 1. The minimum atomic E-state index is 0. The van der Waals surface area contributed by atoms with Crippen molar-refractivity contribution in [2.75, 3.05) is 53.5 Å². The van der Waals surface area contributed by atoms with E-state index in [1.165, 1.54) is 5.56 Å². The van der Waals surface area contributed by atoms with Gasteiger partial charge in [0.2, 0.25) is 0 Å². The van der Waals surface area contributed by atoms with Crippen LogP contribution in [-0.4, -0.2) is 64.3 Å². The summed E-state index contributed by atoms with van der Waals surface area (Å²) in [5, 5.41) is 6.74. The number of halogens is 1. The minimum Gasteiger partial charge on any atom is -0.383 e. The predicted molar refractivity (Wildman–Crippen MR) is 118 cm³/mol. The lowest BCUT2D eigenvalue weighted by atomic mass is 10.0. The molecule has 1 atom stereocenters. The van der Waals surface area contributed by atoms with Crippen molar-refractivity contribution >= 4 is 29.9 Å². The first kappa shape index (κ1) is 24.1. The van der Waals surface area contributed by atoms with Crippen molar-refractivity contribution < 1.29 is 4.74 Å². The van der Waals surface area contributed by atoms with Crippen molar-refractivity contribution in [3.63, 3.8) is 0 Å². The molecule has 0 spiro atoms. The van der Waals surface area contributed by atoms with Crippen molar-refractivity contribution in [1.29, 1.82) is 0 Å². The van der Waals surface area contributed by atoms with Gasteiger partial charge in [-0.2, -0.15) is 0 Å². The number of nitrogens with zero attached hydrogens (tertiary/aromatic N) is 2. The van der Waals surface area contributed by atoms with E-state index in [0.717, 1.165) is 51.7 Å². The molecule has 144 valence electrons. The summed E-state index contributed by atoms with van der Waals surface area (Å²) in [7, 11) is 3.87. The Bertz CT molecular complexity index is 456. The molecule has 1 unspecified atom stereocenters. The summed E-state index contributed by atoms with van der Waals surface area (Å²) in [5.41, 5.74) is 1.33. The second kappa shape index (κ2) is 15.4. The van der Waals surface area contributed by atoms with Gasteiger partial charge in [-0.05, 0) is 32.5 Å². The lowest BCUT2D eigenvalue weighted by Crippen LogP contribution is -2.39. The van der Waals surface area contributed by atoms with Gasteiger partial charge < -0.3 is 20.3 Å². The Balaban J connectivity index is 0.00000576. The Morgan fingerprint density at radius 1 is 1.20 bits per heavy atom. The first-order valence-corrected chi connectivity index (χ1v) is 8.92. The molecule has 0 heterocycles. The van der Waals surface area contributed by atoms with Crippen LogP contribution in [0.3, 0.4) is 0 Å². The first-order chi connectivity index (χ1) is 11.7. The number of likely N-dealkylation sites (N-methyl/N-ethyl adjacent to an activating group) is 1. The zero-order valence-electron chi connectivity index (χ0n) is 16.1. The van der Waals surface area contributed by atoms with Gasteiger partial charge in [-0.25, -0.2) is 0 Å². The van der Waals surface area contributed by atoms with Gasteiger partial charge in [-0.1, -0.05) is 37.3 Å². The molecule has 0 aliphatic heterocycles. The largest absolute Gasteiger partial charge is 0.383 e. The number of nitrogens with one attached hydrogen (secondary N) is 2. The Morgan fingerprint density at radius 2 is 1.92 bits per heavy atom. The fraction of sp³-hybridized carbons (Fsp3) is 0.632. The molecule has 0 saturated heterocycles. The van der Waals surface area contributed by atoms with Crippen LogP contribution in [-0.2, 0) is 4.74 Å². The fourth-order valence-corrected chi connectivity index (χ4v) is 2.37. The van der Waals surface area contributed by atoms with Gasteiger partial charge in [-0.15, -0.1) is 24.0 Å². The van der Waals surface area contributed by atoms with E-state index in [-0.39, 0.29) is 24.0 Å². The molecule has 0 aliphatic carbocycles. The molecule has 5 nitrogen and oxygen atoms in total. The monoisotopic (exact) mass is 462 g/mol. The van der Waals surface area contributed by atoms with E-state index in [4.69, 9.17) is 9.73 Å². The molecule has 2 N–H and O–H groups in total. The molecule has 1 aromatic carbocycles. The van der Waals surface area contributed by atoms with E-state index in [0.29, 0.717) is 5.92 Å². The second-order valence-electron chi connectivity index (χ2n) is 6.11. The van der Waals surface area contributed by atoms with Gasteiger partial charge in [-0.3, -0.25) is 4.99 Å². The molecule has 0 fully saturated rings. The topological polar surface area (TPSA) is 48.9 Å². The van der Waals surface area contributed by atoms with Crippen molar-refractivity contribution in [1.82, 2.24) is 15.5 Å². The maximum absolute atomic E-state index is 5.09. The van der Waals surface area contributed by atoms with Crippen LogP contribution in [0, 0.1) is 0 Å². The number of guanidine groups is 1. The molecular formula is C19H35IN4O. The summed E-state index contributed by atoms with van der Waals surface area (Å²) in [4.78, 5) is 7.00. The van der Waals surface area contributed by atoms with Gasteiger partial charge in [0.05, 0.1) is 6.61 Å². The molecule has 0 aromatic heterocycles. The number of ether oxygens (including phenoxy) is 1. The van der Waals surface area contributed by atoms with Crippen LogP contribution in [0.4, 0.5) is 0 Å². The summed E-state index contributed by atoms with van der Waals surface area (Å²) in [6.45, 7) is 9.69. The lowest BCUT2D eigenvalue weighted by molar-refractivity contribution is 0.161. The molecule has 0 radical (unpaired) electrons. The second-order valence-corrected chi connectivity index (χ2v) is 6.11. The Labute approximate surface area is 170 Å². The average Bonchev–Trinajstić information content (AvgIpc) is 2.61. The quantitative estimate of drug-likeness (QED) is 0.230. The van der Waals surface area contributed by atoms with E-state index in [1.807, 2.05) is 0 Å². The summed E-state index contributed by atoms with van der Waals surface area (Å²) in [6.07, 6.45) is 1.08. The minimum absolute atomic E-state index is 0. The third-order valence-electron chi connectivity index (χ3n) is 3.92. The van der Waals surface area contributed by atoms with Crippen LogP contribution in [0.5, 0.6) is 0 Å². The molecule has 6 heteroatoms. The fourth-order valence-electron chi connectivity index (χ4n) is 2.37. The number of methoxy groups -OCH3 is 1. The van der Waals surface area contributed by atoms with Crippen LogP contribution < -0.4 is 10.6 Å². The highest BCUT2D eigenvalue weighted by molar-refractivity contribution is 14.0. The number of hydrogen-bond acceptors (Lipinski definition) is 3. The lowest BCUT2D eigenvalue weighted by Gasteiger charge is -2.17. The van der Waals surface area contributed by atoms with E-state index in [2.05, 4.69) is 66.8 Å². The van der Waals surface area contributed by atoms with Crippen LogP contribution in [0.2, 0.25) is 0 Å². The van der Waals surface area contributed by atoms with E-state index >= 15 is 0 Å². The van der Waals surface area contributed by atoms with Crippen molar-refractivity contribution in [2.24, 2.45) is 4.99 Å². The SMILES string of the molecule is CCNC(=NCC(C)c1ccccc1)NCCCN(C)CCOC.I. The van der Waals surface area contributed by atoms with E-state index in [1.54, 1.807) is 7.11 Å². The standard InChI is InChI=1S/C19H34N4O.HI/c1-5-20-19(21-12-9-13-23(3)14-15-24-4)22-16-17(2)18-10-7-6-8-11-18;/h6-8,10-11,17H,5,9,12-16H2,1-4H3,(H2,20,21,22);1H. The first-order valence-electron chi connectivity index (χ1n) is 8.92. The summed E-state index contributed by atoms with van der Waals surface area (Å²) >= 11 is 0. The van der Waals surface area contributed by atoms with Crippen LogP contribution in [0.1, 0.15) is 31.7 Å². The Kier molecular flexibility index (Phi) is 14.9. The van der Waals surface area contributed by atoms with Gasteiger partial charge in [0.15, 0.2) is 5.96 Å². The van der Waals surface area contributed by atoms with E-state index in [9.17, 15) is 0 Å². The van der Waals surface area contributed by atoms with Gasteiger partial charge in [0.25, 0.3) is 0 Å². The van der Waals surface area contributed by atoms with Crippen molar-refractivity contribution in [3.05, 3.63) is 35.9 Å². The molecule has 25 heavy (non-hydrogen) atoms. The summed E-state index contributed by atoms with van der Waals surface area (Å²) < 4.78 is 5.09. The molecule has 0 bridgehead atoms. The molecule has 1 aromatic rings. The van der Waals surface area contributed by atoms with Crippen LogP contribution in [0.25, 0.3) is 0 Å². The highest BCUT2D eigenvalue weighted by Crippen LogP contribution is 2.14. The smallest absolute Gasteiger partial charge is 0.191 e. The van der Waals surface area contributed by atoms with Gasteiger partial charge in [0, 0.05) is 39.2 Å². The third-order valence-corrected chi connectivity index (χ3v) is 3.92. The van der Waals surface area contributed by atoms with Crippen LogP contribution >= 0.6 is 24.0 Å². The molecule has 0 amide bonds. The third kappa shape index (κ3) is 11.4. The normalized spacial score (nSPS) is 12.6. The molecule has 1 rings (SSSR count). The van der Waals surface area contributed by atoms with Gasteiger partial charge >= 0.3 is 0 Å². The maximum atomic E-state index is 5.09. The Morgan fingerprint density at radius 3 is 2.56 bits per heavy atom. The highest BCUT2D eigenvalue weighted by atomic mass is 127. The predicted octanol–water partition coefficient (Wildman–Crippen LogP) is 2.93. The molecule has 0 aliphatic rings. The summed E-state index contributed by atoms with van der Waals surface area (Å²) in [5.74, 6) is 1.32.